The second-order valence-electron chi connectivity index (χ2n) is 6.85. The van der Waals surface area contributed by atoms with Gasteiger partial charge in [0.25, 0.3) is 0 Å². The maximum atomic E-state index is 12.6. The topological polar surface area (TPSA) is 72.3 Å². The molecule has 1 aliphatic heterocycles. The Kier molecular flexibility index (Phi) is 6.85. The Hall–Kier alpha value is -2.62. The van der Waals surface area contributed by atoms with Crippen LogP contribution >= 0.6 is 11.6 Å². The van der Waals surface area contributed by atoms with Crippen molar-refractivity contribution in [3.8, 4) is 6.07 Å². The number of pyridine rings is 1. The van der Waals surface area contributed by atoms with Crippen LogP contribution in [-0.2, 0) is 11.3 Å². The van der Waals surface area contributed by atoms with Crippen molar-refractivity contribution in [1.29, 1.82) is 5.26 Å². The Bertz CT molecular complexity index is 866. The number of carbonyl (C=O) groups excluding carboxylic acids is 1. The molecule has 1 aromatic carbocycles. The number of amides is 1. The van der Waals surface area contributed by atoms with Gasteiger partial charge in [0.05, 0.1) is 11.6 Å². The van der Waals surface area contributed by atoms with Crippen LogP contribution in [0.25, 0.3) is 0 Å². The zero-order valence-corrected chi connectivity index (χ0v) is 16.7. The molecule has 1 saturated heterocycles. The monoisotopic (exact) mass is 397 g/mol. The van der Waals surface area contributed by atoms with Gasteiger partial charge in [0, 0.05) is 43.9 Å². The number of nitrogens with one attached hydrogen (secondary N) is 1. The zero-order valence-electron chi connectivity index (χ0n) is 15.9. The fourth-order valence-corrected chi connectivity index (χ4v) is 3.61. The second kappa shape index (κ2) is 9.54. The molecular weight excluding hydrogens is 374 g/mol. The Morgan fingerprint density at radius 1 is 1.25 bits per heavy atom. The lowest BCUT2D eigenvalue weighted by Gasteiger charge is -2.27. The minimum absolute atomic E-state index is 0.0103. The number of benzene rings is 1. The number of nitriles is 1. The molecule has 1 unspecified atom stereocenters. The van der Waals surface area contributed by atoms with Crippen molar-refractivity contribution in [2.75, 3.05) is 31.1 Å². The van der Waals surface area contributed by atoms with Crippen molar-refractivity contribution >= 4 is 23.3 Å². The summed E-state index contributed by atoms with van der Waals surface area (Å²) in [5, 5.41) is 13.0. The normalized spacial score (nSPS) is 16.1. The summed E-state index contributed by atoms with van der Waals surface area (Å²) >= 11 is 6.16. The molecule has 1 amide bonds. The van der Waals surface area contributed by atoms with Crippen LogP contribution in [0.3, 0.4) is 0 Å². The Labute approximate surface area is 170 Å². The van der Waals surface area contributed by atoms with E-state index in [-0.39, 0.29) is 11.9 Å². The predicted molar refractivity (Wildman–Crippen MR) is 110 cm³/mol. The number of carbonyl (C=O) groups is 1. The predicted octanol–water partition coefficient (Wildman–Crippen LogP) is 2.82. The zero-order chi connectivity index (χ0) is 19.9. The van der Waals surface area contributed by atoms with Crippen molar-refractivity contribution in [2.24, 2.45) is 0 Å². The summed E-state index contributed by atoms with van der Waals surface area (Å²) in [6, 6.07) is 13.1. The number of halogens is 1. The summed E-state index contributed by atoms with van der Waals surface area (Å²) in [6.07, 6.45) is 2.62. The fraction of sp³-hybridized carbons (Fsp3) is 0.381. The lowest BCUT2D eigenvalue weighted by atomic mass is 10.2. The van der Waals surface area contributed by atoms with E-state index < -0.39 is 0 Å². The summed E-state index contributed by atoms with van der Waals surface area (Å²) < 4.78 is 0. The highest BCUT2D eigenvalue weighted by atomic mass is 35.5. The van der Waals surface area contributed by atoms with Gasteiger partial charge in [-0.05, 0) is 37.1 Å². The Morgan fingerprint density at radius 2 is 2.07 bits per heavy atom. The molecule has 146 valence electrons. The van der Waals surface area contributed by atoms with Gasteiger partial charge in [-0.2, -0.15) is 5.26 Å². The molecule has 28 heavy (non-hydrogen) atoms. The van der Waals surface area contributed by atoms with E-state index in [4.69, 9.17) is 11.6 Å². The molecule has 3 rings (SSSR count). The first-order chi connectivity index (χ1) is 13.6. The molecule has 0 saturated carbocycles. The van der Waals surface area contributed by atoms with E-state index in [9.17, 15) is 10.1 Å². The van der Waals surface area contributed by atoms with Crippen molar-refractivity contribution in [3.05, 3.63) is 58.7 Å². The van der Waals surface area contributed by atoms with Gasteiger partial charge in [0.15, 0.2) is 0 Å². The number of aromatic nitrogens is 1. The van der Waals surface area contributed by atoms with Gasteiger partial charge in [-0.15, -0.1) is 0 Å². The van der Waals surface area contributed by atoms with Gasteiger partial charge in [0.1, 0.15) is 11.9 Å². The molecule has 1 fully saturated rings. The minimum atomic E-state index is -0.235. The molecule has 2 heterocycles. The summed E-state index contributed by atoms with van der Waals surface area (Å²) in [5.41, 5.74) is 1.49. The molecule has 1 aliphatic rings. The Balaban J connectivity index is 1.58. The summed E-state index contributed by atoms with van der Waals surface area (Å²) in [4.78, 5) is 21.3. The lowest BCUT2D eigenvalue weighted by molar-refractivity contribution is -0.126. The van der Waals surface area contributed by atoms with Crippen LogP contribution in [0.2, 0.25) is 5.02 Å². The minimum Gasteiger partial charge on any atom is -0.354 e. The first-order valence-electron chi connectivity index (χ1n) is 9.45. The van der Waals surface area contributed by atoms with E-state index in [1.807, 2.05) is 31.2 Å². The van der Waals surface area contributed by atoms with Crippen molar-refractivity contribution in [1.82, 2.24) is 15.2 Å². The molecule has 2 aromatic rings. The molecule has 0 spiro atoms. The van der Waals surface area contributed by atoms with E-state index in [1.54, 1.807) is 18.3 Å². The van der Waals surface area contributed by atoms with Crippen molar-refractivity contribution in [2.45, 2.75) is 25.9 Å². The van der Waals surface area contributed by atoms with Crippen LogP contribution < -0.4 is 10.2 Å². The average molecular weight is 398 g/mol. The molecule has 0 aliphatic carbocycles. The number of nitrogens with zero attached hydrogens (tertiary/aromatic N) is 4. The molecule has 1 atom stereocenters. The number of hydrogen-bond donors (Lipinski definition) is 1. The maximum Gasteiger partial charge on any atom is 0.237 e. The van der Waals surface area contributed by atoms with Crippen molar-refractivity contribution in [3.63, 3.8) is 0 Å². The molecular formula is C21H24ClN5O. The summed E-state index contributed by atoms with van der Waals surface area (Å²) in [5.74, 6) is 0.714. The lowest BCUT2D eigenvalue weighted by Crippen LogP contribution is -2.46. The maximum absolute atomic E-state index is 12.6. The van der Waals surface area contributed by atoms with Gasteiger partial charge in [-0.3, -0.25) is 9.69 Å². The highest BCUT2D eigenvalue weighted by molar-refractivity contribution is 6.31. The SMILES string of the molecule is CC(C(=O)NCc1ccccc1Cl)N1CCCN(c2ncccc2C#N)CC1. The highest BCUT2D eigenvalue weighted by Crippen LogP contribution is 2.19. The molecule has 7 heteroatoms. The van der Waals surface area contributed by atoms with E-state index in [2.05, 4.69) is 26.2 Å². The molecule has 6 nitrogen and oxygen atoms in total. The van der Waals surface area contributed by atoms with Crippen LogP contribution in [0.5, 0.6) is 0 Å². The first kappa shape index (κ1) is 20.1. The number of hydrogen-bond acceptors (Lipinski definition) is 5. The van der Waals surface area contributed by atoms with Crippen LogP contribution in [0, 0.1) is 11.3 Å². The third-order valence-corrected chi connectivity index (χ3v) is 5.44. The summed E-state index contributed by atoms with van der Waals surface area (Å²) in [7, 11) is 0. The number of anilines is 1. The van der Waals surface area contributed by atoms with Gasteiger partial charge in [0.2, 0.25) is 5.91 Å². The fourth-order valence-electron chi connectivity index (χ4n) is 3.41. The van der Waals surface area contributed by atoms with Crippen molar-refractivity contribution < 1.29 is 4.79 Å². The van der Waals surface area contributed by atoms with Crippen LogP contribution in [-0.4, -0.2) is 48.0 Å². The van der Waals surface area contributed by atoms with Crippen LogP contribution in [0.4, 0.5) is 5.82 Å². The van der Waals surface area contributed by atoms with Crippen LogP contribution in [0.15, 0.2) is 42.6 Å². The molecule has 1 N–H and O–H groups in total. The van der Waals surface area contributed by atoms with Gasteiger partial charge in [-0.1, -0.05) is 29.8 Å². The first-order valence-corrected chi connectivity index (χ1v) is 9.83. The van der Waals surface area contributed by atoms with E-state index >= 15 is 0 Å². The van der Waals surface area contributed by atoms with E-state index in [0.29, 0.717) is 17.1 Å². The quantitative estimate of drug-likeness (QED) is 0.839. The molecule has 0 bridgehead atoms. The standard InChI is InChI=1S/C21H24ClN5O/c1-16(21(28)25-15-18-6-2-3-8-19(18)22)26-10-5-11-27(13-12-26)20-17(14-23)7-4-9-24-20/h2-4,6-9,16H,5,10-13,15H2,1H3,(H,25,28). The van der Waals surface area contributed by atoms with E-state index in [1.165, 1.54) is 0 Å². The smallest absolute Gasteiger partial charge is 0.237 e. The largest absolute Gasteiger partial charge is 0.354 e. The van der Waals surface area contributed by atoms with E-state index in [0.717, 1.165) is 44.0 Å². The van der Waals surface area contributed by atoms with Gasteiger partial charge >= 0.3 is 0 Å². The average Bonchev–Trinajstić information content (AvgIpc) is 2.98. The Morgan fingerprint density at radius 3 is 2.86 bits per heavy atom. The molecule has 1 aromatic heterocycles. The van der Waals surface area contributed by atoms with Crippen LogP contribution in [0.1, 0.15) is 24.5 Å². The highest BCUT2D eigenvalue weighted by Gasteiger charge is 2.25. The third kappa shape index (κ3) is 4.80. The second-order valence-corrected chi connectivity index (χ2v) is 7.26. The summed E-state index contributed by atoms with van der Waals surface area (Å²) in [6.45, 7) is 5.46. The molecule has 0 radical (unpaired) electrons. The number of rotatable bonds is 5. The van der Waals surface area contributed by atoms with Gasteiger partial charge in [-0.25, -0.2) is 4.98 Å². The third-order valence-electron chi connectivity index (χ3n) is 5.08. The van der Waals surface area contributed by atoms with Gasteiger partial charge < -0.3 is 10.2 Å².